The van der Waals surface area contributed by atoms with Crippen LogP contribution in [-0.4, -0.2) is 17.8 Å². The van der Waals surface area contributed by atoms with Crippen LogP contribution in [0, 0.1) is 6.92 Å². The van der Waals surface area contributed by atoms with Crippen LogP contribution in [0.1, 0.15) is 49.6 Å². The molecule has 0 amide bonds. The lowest BCUT2D eigenvalue weighted by atomic mass is 10.1. The summed E-state index contributed by atoms with van der Waals surface area (Å²) in [6.45, 7) is 4.39. The lowest BCUT2D eigenvalue weighted by Crippen LogP contribution is -1.93. The molecule has 0 fully saturated rings. The van der Waals surface area contributed by atoms with Gasteiger partial charge in [-0.1, -0.05) is 38.0 Å². The molecule has 25 heavy (non-hydrogen) atoms. The number of nitrogens with one attached hydrogen (secondary N) is 1. The highest BCUT2D eigenvalue weighted by Gasteiger charge is 2.18. The Morgan fingerprint density at radius 2 is 2.16 bits per heavy atom. The summed E-state index contributed by atoms with van der Waals surface area (Å²) in [5.74, 6) is 0.831. The number of halogens is 1. The second-order valence-corrected chi connectivity index (χ2v) is 6.40. The third-order valence-corrected chi connectivity index (χ3v) is 4.57. The molecule has 2 heterocycles. The molecule has 0 atom stereocenters. The SMILES string of the molecule is CCCCCc1cc(C=C2N=C(C3=CC=CC3)C=C2OC)[nH]c1C.Cl. The summed E-state index contributed by atoms with van der Waals surface area (Å²) in [7, 11) is 1.70. The third kappa shape index (κ3) is 4.55. The largest absolute Gasteiger partial charge is 0.494 e. The molecule has 1 aromatic rings. The Labute approximate surface area is 156 Å². The van der Waals surface area contributed by atoms with Crippen LogP contribution in [0.15, 0.2) is 52.4 Å². The summed E-state index contributed by atoms with van der Waals surface area (Å²) in [5, 5.41) is 0. The average Bonchev–Trinajstić information content (AvgIpc) is 3.28. The van der Waals surface area contributed by atoms with Gasteiger partial charge in [0.05, 0.1) is 12.8 Å². The molecule has 0 unspecified atom stereocenters. The fraction of sp³-hybridized carbons (Fsp3) is 0.381. The quantitative estimate of drug-likeness (QED) is 0.624. The lowest BCUT2D eigenvalue weighted by molar-refractivity contribution is 0.303. The second kappa shape index (κ2) is 8.91. The summed E-state index contributed by atoms with van der Waals surface area (Å²) >= 11 is 0. The van der Waals surface area contributed by atoms with E-state index in [1.54, 1.807) is 7.11 Å². The number of unbranched alkanes of at least 4 members (excludes halogenated alkanes) is 2. The third-order valence-electron chi connectivity index (χ3n) is 4.57. The van der Waals surface area contributed by atoms with Gasteiger partial charge in [-0.05, 0) is 49.5 Å². The molecule has 3 nitrogen and oxygen atoms in total. The van der Waals surface area contributed by atoms with Crippen LogP contribution in [-0.2, 0) is 11.2 Å². The Hall–Kier alpha value is -2.00. The zero-order valence-corrected chi connectivity index (χ0v) is 16.1. The van der Waals surface area contributed by atoms with E-state index in [1.807, 2.05) is 6.08 Å². The number of aryl methyl sites for hydroxylation is 2. The van der Waals surface area contributed by atoms with Crippen LogP contribution in [0.4, 0.5) is 0 Å². The van der Waals surface area contributed by atoms with Crippen molar-refractivity contribution in [3.8, 4) is 0 Å². The van der Waals surface area contributed by atoms with E-state index in [0.29, 0.717) is 0 Å². The van der Waals surface area contributed by atoms with Gasteiger partial charge in [-0.2, -0.15) is 0 Å². The Kier molecular flexibility index (Phi) is 6.89. The fourth-order valence-corrected chi connectivity index (χ4v) is 3.16. The molecule has 1 N–H and O–H groups in total. The molecule has 4 heteroatoms. The molecule has 1 aliphatic heterocycles. The maximum atomic E-state index is 5.52. The number of aromatic nitrogens is 1. The Bertz CT molecular complexity index is 763. The number of aliphatic imine (C=N–C) groups is 1. The molecule has 0 bridgehead atoms. The average molecular weight is 359 g/mol. The number of rotatable bonds is 7. The number of hydrogen-bond acceptors (Lipinski definition) is 2. The highest BCUT2D eigenvalue weighted by atomic mass is 35.5. The van der Waals surface area contributed by atoms with E-state index in [1.165, 1.54) is 36.1 Å². The first-order valence-corrected chi connectivity index (χ1v) is 8.82. The maximum Gasteiger partial charge on any atom is 0.146 e. The molecular formula is C21H27ClN2O. The number of aromatic amines is 1. The minimum Gasteiger partial charge on any atom is -0.494 e. The first-order chi connectivity index (χ1) is 11.7. The Balaban J connectivity index is 0.00000225. The predicted octanol–water partition coefficient (Wildman–Crippen LogP) is 5.69. The van der Waals surface area contributed by atoms with Crippen LogP contribution >= 0.6 is 12.4 Å². The summed E-state index contributed by atoms with van der Waals surface area (Å²) in [6, 6.07) is 2.25. The van der Waals surface area contributed by atoms with E-state index < -0.39 is 0 Å². The van der Waals surface area contributed by atoms with E-state index in [-0.39, 0.29) is 12.4 Å². The molecule has 2 aliphatic rings. The Morgan fingerprint density at radius 3 is 2.84 bits per heavy atom. The van der Waals surface area contributed by atoms with E-state index in [2.05, 4.69) is 49.2 Å². The van der Waals surface area contributed by atoms with E-state index in [0.717, 1.165) is 35.7 Å². The van der Waals surface area contributed by atoms with Crippen molar-refractivity contribution in [2.24, 2.45) is 4.99 Å². The smallest absolute Gasteiger partial charge is 0.146 e. The van der Waals surface area contributed by atoms with Gasteiger partial charge in [-0.25, -0.2) is 4.99 Å². The Morgan fingerprint density at radius 1 is 1.32 bits per heavy atom. The maximum absolute atomic E-state index is 5.52. The molecule has 0 aromatic carbocycles. The van der Waals surface area contributed by atoms with Gasteiger partial charge in [-0.3, -0.25) is 0 Å². The molecule has 1 aliphatic carbocycles. The first kappa shape index (κ1) is 19.3. The zero-order chi connectivity index (χ0) is 16.9. The van der Waals surface area contributed by atoms with Crippen molar-refractivity contribution in [2.45, 2.75) is 46.0 Å². The summed E-state index contributed by atoms with van der Waals surface area (Å²) < 4.78 is 5.52. The van der Waals surface area contributed by atoms with Gasteiger partial charge in [0.25, 0.3) is 0 Å². The molecule has 0 saturated heterocycles. The van der Waals surface area contributed by atoms with Crippen LogP contribution in [0.5, 0.6) is 0 Å². The van der Waals surface area contributed by atoms with Crippen molar-refractivity contribution < 1.29 is 4.74 Å². The molecule has 134 valence electrons. The predicted molar refractivity (Wildman–Crippen MR) is 108 cm³/mol. The van der Waals surface area contributed by atoms with E-state index in [9.17, 15) is 0 Å². The van der Waals surface area contributed by atoms with Gasteiger partial charge >= 0.3 is 0 Å². The van der Waals surface area contributed by atoms with Gasteiger partial charge in [0.2, 0.25) is 0 Å². The normalized spacial score (nSPS) is 17.4. The molecular weight excluding hydrogens is 332 g/mol. The summed E-state index contributed by atoms with van der Waals surface area (Å²) in [5.41, 5.74) is 6.90. The number of nitrogens with zero attached hydrogens (tertiary/aromatic N) is 1. The monoisotopic (exact) mass is 358 g/mol. The van der Waals surface area contributed by atoms with Crippen LogP contribution < -0.4 is 0 Å². The van der Waals surface area contributed by atoms with Gasteiger partial charge in [-0.15, -0.1) is 12.4 Å². The van der Waals surface area contributed by atoms with Crippen molar-refractivity contribution in [3.05, 3.63) is 64.4 Å². The van der Waals surface area contributed by atoms with Gasteiger partial charge in [0, 0.05) is 17.5 Å². The van der Waals surface area contributed by atoms with Crippen molar-refractivity contribution in [1.29, 1.82) is 0 Å². The minimum absolute atomic E-state index is 0. The van der Waals surface area contributed by atoms with Crippen LogP contribution in [0.25, 0.3) is 6.08 Å². The van der Waals surface area contributed by atoms with Crippen molar-refractivity contribution >= 4 is 24.2 Å². The van der Waals surface area contributed by atoms with Crippen molar-refractivity contribution in [1.82, 2.24) is 4.98 Å². The molecule has 0 saturated carbocycles. The van der Waals surface area contributed by atoms with Crippen molar-refractivity contribution in [2.75, 3.05) is 7.11 Å². The van der Waals surface area contributed by atoms with E-state index in [4.69, 9.17) is 9.73 Å². The minimum atomic E-state index is 0. The topological polar surface area (TPSA) is 37.4 Å². The molecule has 3 rings (SSSR count). The summed E-state index contributed by atoms with van der Waals surface area (Å²) in [6.07, 6.45) is 16.3. The molecule has 0 spiro atoms. The number of allylic oxidation sites excluding steroid dienone is 5. The van der Waals surface area contributed by atoms with Gasteiger partial charge in [0.15, 0.2) is 0 Å². The zero-order valence-electron chi connectivity index (χ0n) is 15.3. The van der Waals surface area contributed by atoms with Crippen LogP contribution in [0.3, 0.4) is 0 Å². The number of methoxy groups -OCH3 is 1. The number of hydrogen-bond donors (Lipinski definition) is 1. The summed E-state index contributed by atoms with van der Waals surface area (Å²) in [4.78, 5) is 8.24. The molecule has 1 aromatic heterocycles. The van der Waals surface area contributed by atoms with Gasteiger partial charge in [0.1, 0.15) is 11.5 Å². The van der Waals surface area contributed by atoms with Crippen molar-refractivity contribution in [3.63, 3.8) is 0 Å². The van der Waals surface area contributed by atoms with Gasteiger partial charge < -0.3 is 9.72 Å². The first-order valence-electron chi connectivity index (χ1n) is 8.82. The van der Waals surface area contributed by atoms with E-state index >= 15 is 0 Å². The lowest BCUT2D eigenvalue weighted by Gasteiger charge is -2.00. The number of H-pyrrole nitrogens is 1. The molecule has 0 radical (unpaired) electrons. The fourth-order valence-electron chi connectivity index (χ4n) is 3.16. The number of ether oxygens (including phenoxy) is 1. The van der Waals surface area contributed by atoms with Crippen LogP contribution in [0.2, 0.25) is 0 Å². The highest BCUT2D eigenvalue weighted by Crippen LogP contribution is 2.27. The highest BCUT2D eigenvalue weighted by molar-refractivity contribution is 6.12. The second-order valence-electron chi connectivity index (χ2n) is 6.40. The standard InChI is InChI=1S/C21H26N2O.ClH/c1-4-5-6-11-17-12-18(22-15(17)2)13-20-21(24-3)14-19(23-20)16-9-7-8-10-16;/h7-9,12-14,22H,4-6,10-11H2,1-3H3;1H.